The smallest absolute Gasteiger partial charge is 0.232 e. The molecule has 0 aromatic carbocycles. The van der Waals surface area contributed by atoms with Gasteiger partial charge < -0.3 is 10.0 Å². The Hall–Kier alpha value is -0.770. The lowest BCUT2D eigenvalue weighted by Gasteiger charge is -2.34. The second-order valence-electron chi connectivity index (χ2n) is 3.60. The Bertz CT molecular complexity index is 259. The zero-order valence-electron chi connectivity index (χ0n) is 9.26. The van der Waals surface area contributed by atoms with E-state index in [2.05, 4.69) is 4.90 Å². The van der Waals surface area contributed by atoms with Gasteiger partial charge in [-0.15, -0.1) is 11.8 Å². The first-order valence-electron chi connectivity index (χ1n) is 5.33. The van der Waals surface area contributed by atoms with Crippen molar-refractivity contribution >= 4 is 17.7 Å². The zero-order valence-corrected chi connectivity index (χ0v) is 10.1. The predicted molar refractivity (Wildman–Crippen MR) is 63.0 cm³/mol. The number of thioether (sulfide) groups is 1. The molecule has 0 atom stereocenters. The molecule has 0 spiro atoms. The summed E-state index contributed by atoms with van der Waals surface area (Å²) in [5.41, 5.74) is 0. The molecule has 1 aliphatic rings. The molecule has 1 saturated heterocycles. The van der Waals surface area contributed by atoms with Crippen molar-refractivity contribution in [1.82, 2.24) is 9.80 Å². The van der Waals surface area contributed by atoms with Gasteiger partial charge in [-0.1, -0.05) is 0 Å². The first-order chi connectivity index (χ1) is 7.77. The molecule has 0 aromatic heterocycles. The second-order valence-corrected chi connectivity index (χ2v) is 4.58. The second kappa shape index (κ2) is 7.49. The Morgan fingerprint density at radius 3 is 2.62 bits per heavy atom. The van der Waals surface area contributed by atoms with Crippen LogP contribution in [-0.4, -0.2) is 71.6 Å². The predicted octanol–water partition coefficient (Wildman–Crippen LogP) is -0.620. The Kier molecular flexibility index (Phi) is 6.23. The Morgan fingerprint density at radius 1 is 1.38 bits per heavy atom. The van der Waals surface area contributed by atoms with Gasteiger partial charge in [-0.05, 0) is 0 Å². The van der Waals surface area contributed by atoms with E-state index in [9.17, 15) is 4.79 Å². The number of nitrogens with zero attached hydrogens (tertiary/aromatic N) is 3. The third-order valence-electron chi connectivity index (χ3n) is 2.53. The Balaban J connectivity index is 2.20. The zero-order chi connectivity index (χ0) is 11.8. The van der Waals surface area contributed by atoms with Crippen LogP contribution in [0.5, 0.6) is 0 Å². The minimum atomic E-state index is 0.115. The summed E-state index contributed by atoms with van der Waals surface area (Å²) in [6.45, 7) is 3.97. The fraction of sp³-hybridized carbons (Fsp3) is 0.800. The van der Waals surface area contributed by atoms with Gasteiger partial charge in [0, 0.05) is 32.7 Å². The summed E-state index contributed by atoms with van der Waals surface area (Å²) >= 11 is 1.36. The van der Waals surface area contributed by atoms with Crippen LogP contribution < -0.4 is 0 Å². The van der Waals surface area contributed by atoms with Crippen molar-refractivity contribution in [1.29, 1.82) is 5.26 Å². The summed E-state index contributed by atoms with van der Waals surface area (Å²) in [5.74, 6) is 0.882. The van der Waals surface area contributed by atoms with Crippen molar-refractivity contribution in [3.63, 3.8) is 0 Å². The van der Waals surface area contributed by atoms with E-state index < -0.39 is 0 Å². The maximum Gasteiger partial charge on any atom is 0.232 e. The van der Waals surface area contributed by atoms with Crippen molar-refractivity contribution in [2.24, 2.45) is 0 Å². The van der Waals surface area contributed by atoms with Crippen LogP contribution in [0.4, 0.5) is 0 Å². The summed E-state index contributed by atoms with van der Waals surface area (Å²) in [7, 11) is 0. The number of carbonyl (C=O) groups excluding carboxylic acids is 1. The van der Waals surface area contributed by atoms with Crippen molar-refractivity contribution in [3.05, 3.63) is 0 Å². The largest absolute Gasteiger partial charge is 0.395 e. The maximum absolute atomic E-state index is 11.7. The Morgan fingerprint density at radius 2 is 2.06 bits per heavy atom. The molecule has 0 unspecified atom stereocenters. The monoisotopic (exact) mass is 243 g/mol. The lowest BCUT2D eigenvalue weighted by Crippen LogP contribution is -2.49. The molecule has 0 radical (unpaired) electrons. The molecule has 5 nitrogen and oxygen atoms in total. The highest BCUT2D eigenvalue weighted by Crippen LogP contribution is 2.06. The van der Waals surface area contributed by atoms with Crippen LogP contribution in [0, 0.1) is 11.3 Å². The number of aliphatic hydroxyl groups excluding tert-OH is 1. The molecule has 0 aliphatic carbocycles. The summed E-state index contributed by atoms with van der Waals surface area (Å²) in [4.78, 5) is 15.6. The molecule has 90 valence electrons. The lowest BCUT2D eigenvalue weighted by atomic mass is 10.3. The van der Waals surface area contributed by atoms with Crippen LogP contribution in [-0.2, 0) is 4.79 Å². The van der Waals surface area contributed by atoms with E-state index in [0.29, 0.717) is 18.1 Å². The highest BCUT2D eigenvalue weighted by Gasteiger charge is 2.20. The first-order valence-corrected chi connectivity index (χ1v) is 6.49. The van der Waals surface area contributed by atoms with Gasteiger partial charge in [-0.2, -0.15) is 5.26 Å². The van der Waals surface area contributed by atoms with E-state index >= 15 is 0 Å². The van der Waals surface area contributed by atoms with E-state index in [1.807, 2.05) is 11.0 Å². The number of aliphatic hydroxyl groups is 1. The highest BCUT2D eigenvalue weighted by molar-refractivity contribution is 8.00. The molecule has 1 fully saturated rings. The molecular weight excluding hydrogens is 226 g/mol. The number of rotatable bonds is 5. The third-order valence-corrected chi connectivity index (χ3v) is 3.32. The SMILES string of the molecule is N#CCSCC(=O)N1CCN(CCO)CC1. The molecular formula is C10H17N3O2S. The van der Waals surface area contributed by atoms with Crippen LogP contribution in [0.15, 0.2) is 0 Å². The quantitative estimate of drug-likeness (QED) is 0.652. The highest BCUT2D eigenvalue weighted by atomic mass is 32.2. The molecule has 0 bridgehead atoms. The van der Waals surface area contributed by atoms with Crippen molar-refractivity contribution in [2.75, 3.05) is 50.8 Å². The maximum atomic E-state index is 11.7. The molecule has 0 aromatic rings. The number of hydrogen-bond donors (Lipinski definition) is 1. The molecule has 16 heavy (non-hydrogen) atoms. The normalized spacial score (nSPS) is 17.1. The van der Waals surface area contributed by atoms with Crippen molar-refractivity contribution in [2.45, 2.75) is 0 Å². The van der Waals surface area contributed by atoms with E-state index in [4.69, 9.17) is 10.4 Å². The minimum absolute atomic E-state index is 0.115. The molecule has 0 saturated carbocycles. The topological polar surface area (TPSA) is 67.6 Å². The van der Waals surface area contributed by atoms with Crippen LogP contribution in [0.2, 0.25) is 0 Å². The first kappa shape index (κ1) is 13.3. The molecule has 1 aliphatic heterocycles. The van der Waals surface area contributed by atoms with Crippen molar-refractivity contribution in [3.8, 4) is 6.07 Å². The molecule has 6 heteroatoms. The molecule has 1 heterocycles. The fourth-order valence-electron chi connectivity index (χ4n) is 1.64. The Labute approximate surface area is 100 Å². The van der Waals surface area contributed by atoms with Gasteiger partial charge in [0.05, 0.1) is 24.2 Å². The van der Waals surface area contributed by atoms with Crippen LogP contribution >= 0.6 is 11.8 Å². The summed E-state index contributed by atoms with van der Waals surface area (Å²) < 4.78 is 0. The number of β-amino-alcohol motifs (C(OH)–C–C–N with tert-alkyl or cyclic N) is 1. The molecule has 1 rings (SSSR count). The van der Waals surface area contributed by atoms with Gasteiger partial charge in [0.1, 0.15) is 0 Å². The number of nitriles is 1. The van der Waals surface area contributed by atoms with Gasteiger partial charge in [0.25, 0.3) is 0 Å². The van der Waals surface area contributed by atoms with E-state index in [1.165, 1.54) is 11.8 Å². The summed E-state index contributed by atoms with van der Waals surface area (Å²) in [5, 5.41) is 17.1. The minimum Gasteiger partial charge on any atom is -0.395 e. The van der Waals surface area contributed by atoms with Gasteiger partial charge in [-0.25, -0.2) is 0 Å². The number of carbonyl (C=O) groups is 1. The lowest BCUT2D eigenvalue weighted by molar-refractivity contribution is -0.130. The average molecular weight is 243 g/mol. The van der Waals surface area contributed by atoms with E-state index in [1.54, 1.807) is 0 Å². The molecule has 1 N–H and O–H groups in total. The van der Waals surface area contributed by atoms with Gasteiger partial charge in [-0.3, -0.25) is 9.69 Å². The van der Waals surface area contributed by atoms with Gasteiger partial charge in [0.15, 0.2) is 0 Å². The van der Waals surface area contributed by atoms with E-state index in [0.717, 1.165) is 26.2 Å². The number of piperazine rings is 1. The number of amides is 1. The van der Waals surface area contributed by atoms with Crippen LogP contribution in [0.1, 0.15) is 0 Å². The fourth-order valence-corrected chi connectivity index (χ4v) is 2.19. The third kappa shape index (κ3) is 4.39. The molecule has 1 amide bonds. The van der Waals surface area contributed by atoms with Gasteiger partial charge >= 0.3 is 0 Å². The summed E-state index contributed by atoms with van der Waals surface area (Å²) in [6.07, 6.45) is 0. The summed E-state index contributed by atoms with van der Waals surface area (Å²) in [6, 6.07) is 2.01. The van der Waals surface area contributed by atoms with Crippen molar-refractivity contribution < 1.29 is 9.90 Å². The standard InChI is InChI=1S/C10H17N3O2S/c11-1-8-16-9-10(15)13-4-2-12(3-5-13)6-7-14/h14H,2-9H2. The van der Waals surface area contributed by atoms with E-state index in [-0.39, 0.29) is 12.5 Å². The number of hydrogen-bond acceptors (Lipinski definition) is 5. The average Bonchev–Trinajstić information content (AvgIpc) is 2.30. The van der Waals surface area contributed by atoms with Crippen LogP contribution in [0.3, 0.4) is 0 Å². The van der Waals surface area contributed by atoms with Crippen LogP contribution in [0.25, 0.3) is 0 Å². The van der Waals surface area contributed by atoms with Gasteiger partial charge in [0.2, 0.25) is 5.91 Å².